The van der Waals surface area contributed by atoms with Crippen molar-refractivity contribution in [3.63, 3.8) is 0 Å². The van der Waals surface area contributed by atoms with E-state index in [1.807, 2.05) is 0 Å². The molecule has 0 saturated carbocycles. The molecule has 0 saturated heterocycles. The zero-order valence-corrected chi connectivity index (χ0v) is 9.00. The Morgan fingerprint density at radius 1 is 1.33 bits per heavy atom. The summed E-state index contributed by atoms with van der Waals surface area (Å²) >= 11 is 11.4. The van der Waals surface area contributed by atoms with Crippen molar-refractivity contribution in [1.82, 2.24) is 0 Å². The van der Waals surface area contributed by atoms with E-state index in [1.165, 1.54) is 18.2 Å². The Bertz CT molecular complexity index is 417. The first kappa shape index (κ1) is 12.1. The summed E-state index contributed by atoms with van der Waals surface area (Å²) in [6, 6.07) is 4.26. The number of hydrogen-bond acceptors (Lipinski definition) is 4. The Labute approximate surface area is 96.5 Å². The van der Waals surface area contributed by atoms with Gasteiger partial charge in [0, 0.05) is 10.6 Å². The summed E-state index contributed by atoms with van der Waals surface area (Å²) in [6.07, 6.45) is -2.99. The molecular formula is C9H8Cl2N2O2. The van der Waals surface area contributed by atoms with Crippen molar-refractivity contribution in [3.8, 4) is 6.07 Å². The van der Waals surface area contributed by atoms with Gasteiger partial charge in [-0.15, -0.1) is 0 Å². The number of nitrogens with two attached hydrogens (primary N) is 1. The SMILES string of the molecule is N#CC(O)C(O)c1cc(Cl)cc(Cl)c1N. The van der Waals surface area contributed by atoms with Crippen LogP contribution in [0.5, 0.6) is 0 Å². The van der Waals surface area contributed by atoms with Crippen molar-refractivity contribution in [3.05, 3.63) is 27.7 Å². The lowest BCUT2D eigenvalue weighted by molar-refractivity contribution is 0.0533. The lowest BCUT2D eigenvalue weighted by atomic mass is 10.0. The predicted molar refractivity (Wildman–Crippen MR) is 57.5 cm³/mol. The van der Waals surface area contributed by atoms with E-state index in [0.717, 1.165) is 0 Å². The van der Waals surface area contributed by atoms with Crippen LogP contribution in [0, 0.1) is 11.3 Å². The fraction of sp³-hybridized carbons (Fsp3) is 0.222. The minimum Gasteiger partial charge on any atom is -0.397 e. The third-order valence-corrected chi connectivity index (χ3v) is 2.41. The van der Waals surface area contributed by atoms with Crippen LogP contribution >= 0.6 is 23.2 Å². The normalized spacial score (nSPS) is 14.3. The number of aliphatic hydroxyl groups is 2. The van der Waals surface area contributed by atoms with E-state index >= 15 is 0 Å². The predicted octanol–water partition coefficient (Wildman–Crippen LogP) is 1.49. The number of benzene rings is 1. The fourth-order valence-electron chi connectivity index (χ4n) is 1.09. The van der Waals surface area contributed by atoms with Gasteiger partial charge in [0.1, 0.15) is 6.10 Å². The minimum atomic E-state index is -1.57. The summed E-state index contributed by atoms with van der Waals surface area (Å²) in [5.74, 6) is 0. The van der Waals surface area contributed by atoms with E-state index < -0.39 is 12.2 Å². The molecule has 0 aliphatic heterocycles. The monoisotopic (exact) mass is 246 g/mol. The van der Waals surface area contributed by atoms with Gasteiger partial charge in [0.15, 0.2) is 6.10 Å². The molecule has 1 aromatic rings. The lowest BCUT2D eigenvalue weighted by Gasteiger charge is -2.15. The first-order valence-corrected chi connectivity index (χ1v) is 4.73. The summed E-state index contributed by atoms with van der Waals surface area (Å²) in [5, 5.41) is 27.6. The number of hydrogen-bond donors (Lipinski definition) is 3. The Morgan fingerprint density at radius 2 is 1.93 bits per heavy atom. The van der Waals surface area contributed by atoms with Gasteiger partial charge in [-0.1, -0.05) is 23.2 Å². The van der Waals surface area contributed by atoms with E-state index in [2.05, 4.69) is 0 Å². The highest BCUT2D eigenvalue weighted by Crippen LogP contribution is 2.32. The number of rotatable bonds is 2. The average molecular weight is 247 g/mol. The molecule has 6 heteroatoms. The molecule has 4 N–H and O–H groups in total. The number of nitriles is 1. The van der Waals surface area contributed by atoms with E-state index in [0.29, 0.717) is 0 Å². The second kappa shape index (κ2) is 4.69. The van der Waals surface area contributed by atoms with Crippen LogP contribution in [0.2, 0.25) is 10.0 Å². The van der Waals surface area contributed by atoms with Crippen molar-refractivity contribution in [2.75, 3.05) is 5.73 Å². The third kappa shape index (κ3) is 2.52. The van der Waals surface area contributed by atoms with Crippen LogP contribution in [-0.4, -0.2) is 16.3 Å². The van der Waals surface area contributed by atoms with Crippen molar-refractivity contribution < 1.29 is 10.2 Å². The first-order valence-electron chi connectivity index (χ1n) is 3.97. The molecule has 0 spiro atoms. The molecule has 0 aliphatic carbocycles. The van der Waals surface area contributed by atoms with Crippen molar-refractivity contribution in [2.45, 2.75) is 12.2 Å². The van der Waals surface area contributed by atoms with Gasteiger partial charge < -0.3 is 15.9 Å². The summed E-state index contributed by atoms with van der Waals surface area (Å²) in [5.41, 5.74) is 5.81. The molecule has 2 unspecified atom stereocenters. The standard InChI is InChI=1S/C9H8Cl2N2O2/c10-4-1-5(8(13)6(11)2-4)9(15)7(14)3-12/h1-2,7,9,14-15H,13H2. The number of halogens is 2. The van der Waals surface area contributed by atoms with Gasteiger partial charge in [-0.3, -0.25) is 0 Å². The molecule has 4 nitrogen and oxygen atoms in total. The molecule has 0 fully saturated rings. The van der Waals surface area contributed by atoms with E-state index in [9.17, 15) is 5.11 Å². The number of aliphatic hydroxyl groups excluding tert-OH is 2. The first-order chi connectivity index (χ1) is 6.97. The van der Waals surface area contributed by atoms with Crippen LogP contribution in [0.25, 0.3) is 0 Å². The molecule has 15 heavy (non-hydrogen) atoms. The fourth-order valence-corrected chi connectivity index (χ4v) is 1.60. The molecule has 2 atom stereocenters. The van der Waals surface area contributed by atoms with Crippen LogP contribution in [0.3, 0.4) is 0 Å². The molecule has 0 amide bonds. The average Bonchev–Trinajstić information content (AvgIpc) is 2.21. The molecule has 1 rings (SSSR count). The Kier molecular flexibility index (Phi) is 3.77. The van der Waals surface area contributed by atoms with Crippen molar-refractivity contribution in [1.29, 1.82) is 5.26 Å². The highest BCUT2D eigenvalue weighted by molar-refractivity contribution is 6.36. The summed E-state index contributed by atoms with van der Waals surface area (Å²) in [4.78, 5) is 0. The van der Waals surface area contributed by atoms with Crippen LogP contribution in [0.15, 0.2) is 12.1 Å². The van der Waals surface area contributed by atoms with Gasteiger partial charge in [0.05, 0.1) is 16.8 Å². The molecule has 1 aromatic carbocycles. The number of anilines is 1. The Morgan fingerprint density at radius 3 is 2.47 bits per heavy atom. The second-order valence-corrected chi connectivity index (χ2v) is 3.75. The lowest BCUT2D eigenvalue weighted by Crippen LogP contribution is -2.17. The highest BCUT2D eigenvalue weighted by Gasteiger charge is 2.21. The van der Waals surface area contributed by atoms with E-state index in [4.69, 9.17) is 39.3 Å². The maximum Gasteiger partial charge on any atom is 0.170 e. The quantitative estimate of drug-likeness (QED) is 0.545. The number of nitrogen functional groups attached to an aromatic ring is 1. The second-order valence-electron chi connectivity index (χ2n) is 2.91. The van der Waals surface area contributed by atoms with Crippen LogP contribution < -0.4 is 5.73 Å². The van der Waals surface area contributed by atoms with Crippen LogP contribution in [0.4, 0.5) is 5.69 Å². The van der Waals surface area contributed by atoms with E-state index in [-0.39, 0.29) is 21.3 Å². The van der Waals surface area contributed by atoms with Gasteiger partial charge in [-0.25, -0.2) is 0 Å². The zero-order valence-electron chi connectivity index (χ0n) is 7.48. The van der Waals surface area contributed by atoms with E-state index in [1.54, 1.807) is 0 Å². The molecule has 80 valence electrons. The maximum atomic E-state index is 9.55. The largest absolute Gasteiger partial charge is 0.397 e. The van der Waals surface area contributed by atoms with Crippen molar-refractivity contribution in [2.24, 2.45) is 0 Å². The highest BCUT2D eigenvalue weighted by atomic mass is 35.5. The van der Waals surface area contributed by atoms with Gasteiger partial charge >= 0.3 is 0 Å². The summed E-state index contributed by atoms with van der Waals surface area (Å²) in [7, 11) is 0. The topological polar surface area (TPSA) is 90.3 Å². The molecule has 0 radical (unpaired) electrons. The minimum absolute atomic E-state index is 0.0999. The van der Waals surface area contributed by atoms with Crippen LogP contribution in [0.1, 0.15) is 11.7 Å². The Hall–Kier alpha value is -0.990. The number of nitrogens with zero attached hydrogens (tertiary/aromatic N) is 1. The van der Waals surface area contributed by atoms with Crippen molar-refractivity contribution >= 4 is 28.9 Å². The summed E-state index contributed by atoms with van der Waals surface area (Å²) < 4.78 is 0. The van der Waals surface area contributed by atoms with Gasteiger partial charge in [-0.05, 0) is 12.1 Å². The summed E-state index contributed by atoms with van der Waals surface area (Å²) in [6.45, 7) is 0. The molecule has 0 aromatic heterocycles. The van der Waals surface area contributed by atoms with Crippen LogP contribution in [-0.2, 0) is 0 Å². The molecule has 0 heterocycles. The maximum absolute atomic E-state index is 9.55. The Balaban J connectivity index is 3.20. The van der Waals surface area contributed by atoms with Gasteiger partial charge in [0.2, 0.25) is 0 Å². The molecular weight excluding hydrogens is 239 g/mol. The zero-order chi connectivity index (χ0) is 11.6. The molecule has 0 bridgehead atoms. The van der Waals surface area contributed by atoms with Gasteiger partial charge in [0.25, 0.3) is 0 Å². The molecule has 0 aliphatic rings. The third-order valence-electron chi connectivity index (χ3n) is 1.88. The van der Waals surface area contributed by atoms with Gasteiger partial charge in [-0.2, -0.15) is 5.26 Å². The smallest absolute Gasteiger partial charge is 0.170 e.